The van der Waals surface area contributed by atoms with Crippen molar-refractivity contribution in [2.24, 2.45) is 0 Å². The molecule has 0 bridgehead atoms. The maximum Gasteiger partial charge on any atom is 0.337 e. The zero-order chi connectivity index (χ0) is 14.5. The van der Waals surface area contributed by atoms with E-state index in [2.05, 4.69) is 36.5 Å². The van der Waals surface area contributed by atoms with Gasteiger partial charge in [-0.15, -0.1) is 0 Å². The number of urea groups is 1. The second-order valence-corrected chi connectivity index (χ2v) is 4.58. The van der Waals surface area contributed by atoms with Crippen molar-refractivity contribution in [2.75, 3.05) is 10.6 Å². The van der Waals surface area contributed by atoms with E-state index in [9.17, 15) is 9.59 Å². The molecule has 0 radical (unpaired) electrons. The van der Waals surface area contributed by atoms with Crippen molar-refractivity contribution in [3.05, 3.63) is 46.8 Å². The van der Waals surface area contributed by atoms with Crippen LogP contribution in [0.4, 0.5) is 16.3 Å². The second-order valence-electron chi connectivity index (χ2n) is 3.66. The predicted octanol–water partition coefficient (Wildman–Crippen LogP) is 2.58. The molecular formula is C12H9BrN4O3. The smallest absolute Gasteiger partial charge is 0.337 e. The summed E-state index contributed by atoms with van der Waals surface area (Å²) in [6.07, 6.45) is 4.28. The van der Waals surface area contributed by atoms with Gasteiger partial charge < -0.3 is 10.4 Å². The molecule has 1 aromatic carbocycles. The number of nitrogens with zero attached hydrogens (tertiary/aromatic N) is 2. The van der Waals surface area contributed by atoms with Crippen LogP contribution < -0.4 is 10.6 Å². The Hall–Kier alpha value is -2.48. The molecule has 0 aliphatic carbocycles. The monoisotopic (exact) mass is 336 g/mol. The molecule has 1 heterocycles. The Morgan fingerprint density at radius 1 is 1.20 bits per heavy atom. The Morgan fingerprint density at radius 2 is 2.00 bits per heavy atom. The van der Waals surface area contributed by atoms with E-state index in [1.807, 2.05) is 0 Å². The van der Waals surface area contributed by atoms with Gasteiger partial charge in [0.15, 0.2) is 5.82 Å². The first-order valence-electron chi connectivity index (χ1n) is 5.43. The van der Waals surface area contributed by atoms with E-state index < -0.39 is 12.0 Å². The maximum absolute atomic E-state index is 11.7. The molecule has 0 unspecified atom stereocenters. The zero-order valence-electron chi connectivity index (χ0n) is 10.0. The molecular weight excluding hydrogens is 328 g/mol. The van der Waals surface area contributed by atoms with Gasteiger partial charge in [-0.05, 0) is 18.2 Å². The number of nitrogens with one attached hydrogen (secondary N) is 2. The van der Waals surface area contributed by atoms with E-state index in [1.54, 1.807) is 6.07 Å². The molecule has 0 fully saturated rings. The van der Waals surface area contributed by atoms with Gasteiger partial charge in [-0.2, -0.15) is 0 Å². The van der Waals surface area contributed by atoms with Crippen LogP contribution in [0.5, 0.6) is 0 Å². The predicted molar refractivity (Wildman–Crippen MR) is 75.8 cm³/mol. The Morgan fingerprint density at radius 3 is 2.65 bits per heavy atom. The molecule has 2 rings (SSSR count). The number of amides is 2. The lowest BCUT2D eigenvalue weighted by molar-refractivity contribution is 0.0698. The van der Waals surface area contributed by atoms with Crippen molar-refractivity contribution >= 4 is 39.4 Å². The maximum atomic E-state index is 11.7. The number of rotatable bonds is 3. The molecule has 1 aromatic heterocycles. The third kappa shape index (κ3) is 3.51. The number of aromatic carboxylic acids is 1. The number of hydrogen-bond acceptors (Lipinski definition) is 4. The lowest BCUT2D eigenvalue weighted by Gasteiger charge is -2.09. The molecule has 0 aliphatic rings. The lowest BCUT2D eigenvalue weighted by atomic mass is 10.2. The van der Waals surface area contributed by atoms with Crippen LogP contribution in [0.2, 0.25) is 0 Å². The number of carboxylic acid groups (broad SMARTS) is 1. The highest BCUT2D eigenvalue weighted by Gasteiger charge is 2.13. The molecule has 102 valence electrons. The summed E-state index contributed by atoms with van der Waals surface area (Å²) in [6, 6.07) is 3.92. The van der Waals surface area contributed by atoms with Gasteiger partial charge in [0, 0.05) is 16.9 Å². The summed E-state index contributed by atoms with van der Waals surface area (Å²) in [6.45, 7) is 0. The first-order chi connectivity index (χ1) is 9.56. The summed E-state index contributed by atoms with van der Waals surface area (Å²) >= 11 is 3.17. The summed E-state index contributed by atoms with van der Waals surface area (Å²) in [7, 11) is 0. The summed E-state index contributed by atoms with van der Waals surface area (Å²) in [5, 5.41) is 14.0. The van der Waals surface area contributed by atoms with E-state index >= 15 is 0 Å². The Bertz CT molecular complexity index is 648. The SMILES string of the molecule is O=C(Nc1cnccn1)Nc1ccc(Br)cc1C(=O)O. The number of aromatic nitrogens is 2. The van der Waals surface area contributed by atoms with Crippen LogP contribution in [0, 0.1) is 0 Å². The van der Waals surface area contributed by atoms with Crippen molar-refractivity contribution in [3.63, 3.8) is 0 Å². The average molecular weight is 337 g/mol. The largest absolute Gasteiger partial charge is 0.478 e. The number of carboxylic acids is 1. The first kappa shape index (κ1) is 13.9. The minimum atomic E-state index is -1.14. The van der Waals surface area contributed by atoms with Crippen molar-refractivity contribution < 1.29 is 14.7 Å². The molecule has 0 saturated heterocycles. The fourth-order valence-electron chi connectivity index (χ4n) is 1.44. The molecule has 20 heavy (non-hydrogen) atoms. The summed E-state index contributed by atoms with van der Waals surface area (Å²) in [5.74, 6) is -0.875. The molecule has 2 aromatic rings. The van der Waals surface area contributed by atoms with Gasteiger partial charge in [-0.1, -0.05) is 15.9 Å². The van der Waals surface area contributed by atoms with E-state index in [4.69, 9.17) is 5.11 Å². The number of benzene rings is 1. The summed E-state index contributed by atoms with van der Waals surface area (Å²) < 4.78 is 0.606. The standard InChI is InChI=1S/C12H9BrN4O3/c13-7-1-2-9(8(5-7)11(18)19)16-12(20)17-10-6-14-3-4-15-10/h1-6H,(H,18,19)(H2,15,16,17,20). The van der Waals surface area contributed by atoms with Gasteiger partial charge in [0.2, 0.25) is 0 Å². The van der Waals surface area contributed by atoms with Crippen molar-refractivity contribution in [1.29, 1.82) is 0 Å². The normalized spacial score (nSPS) is 9.85. The van der Waals surface area contributed by atoms with Gasteiger partial charge >= 0.3 is 12.0 Å². The fourth-order valence-corrected chi connectivity index (χ4v) is 1.80. The fraction of sp³-hybridized carbons (Fsp3) is 0. The Kier molecular flexibility index (Phi) is 4.26. The van der Waals surface area contributed by atoms with E-state index in [-0.39, 0.29) is 17.1 Å². The van der Waals surface area contributed by atoms with Gasteiger partial charge in [0.1, 0.15) is 0 Å². The van der Waals surface area contributed by atoms with Crippen molar-refractivity contribution in [3.8, 4) is 0 Å². The Balaban J connectivity index is 2.14. The molecule has 0 spiro atoms. The quantitative estimate of drug-likeness (QED) is 0.799. The average Bonchev–Trinajstić information content (AvgIpc) is 2.41. The minimum Gasteiger partial charge on any atom is -0.478 e. The summed E-state index contributed by atoms with van der Waals surface area (Å²) in [4.78, 5) is 30.5. The molecule has 0 saturated carbocycles. The Labute approximate surface area is 122 Å². The van der Waals surface area contributed by atoms with Gasteiger partial charge in [0.25, 0.3) is 0 Å². The molecule has 2 amide bonds. The van der Waals surface area contributed by atoms with Crippen LogP contribution in [0.15, 0.2) is 41.3 Å². The molecule has 3 N–H and O–H groups in total. The number of anilines is 2. The highest BCUT2D eigenvalue weighted by atomic mass is 79.9. The highest BCUT2D eigenvalue weighted by Crippen LogP contribution is 2.21. The first-order valence-corrected chi connectivity index (χ1v) is 6.22. The van der Waals surface area contributed by atoms with Crippen LogP contribution >= 0.6 is 15.9 Å². The van der Waals surface area contributed by atoms with Gasteiger partial charge in [0.05, 0.1) is 17.4 Å². The van der Waals surface area contributed by atoms with Gasteiger partial charge in [-0.3, -0.25) is 10.3 Å². The molecule has 0 aliphatic heterocycles. The van der Waals surface area contributed by atoms with Crippen LogP contribution in [-0.2, 0) is 0 Å². The second kappa shape index (κ2) is 6.11. The number of carbonyl (C=O) groups is 2. The van der Waals surface area contributed by atoms with Crippen molar-refractivity contribution in [1.82, 2.24) is 9.97 Å². The number of halogens is 1. The minimum absolute atomic E-state index is 0.0197. The molecule has 8 heteroatoms. The lowest BCUT2D eigenvalue weighted by Crippen LogP contribution is -2.21. The number of carbonyl (C=O) groups excluding carboxylic acids is 1. The third-order valence-electron chi connectivity index (χ3n) is 2.26. The molecule has 7 nitrogen and oxygen atoms in total. The highest BCUT2D eigenvalue weighted by molar-refractivity contribution is 9.10. The van der Waals surface area contributed by atoms with Crippen LogP contribution in [0.1, 0.15) is 10.4 Å². The van der Waals surface area contributed by atoms with E-state index in [1.165, 1.54) is 30.7 Å². The van der Waals surface area contributed by atoms with E-state index in [0.717, 1.165) is 0 Å². The van der Waals surface area contributed by atoms with Crippen LogP contribution in [0.3, 0.4) is 0 Å². The van der Waals surface area contributed by atoms with E-state index in [0.29, 0.717) is 4.47 Å². The summed E-state index contributed by atoms with van der Waals surface area (Å²) in [5.41, 5.74) is 0.163. The number of hydrogen-bond donors (Lipinski definition) is 3. The third-order valence-corrected chi connectivity index (χ3v) is 2.76. The van der Waals surface area contributed by atoms with Crippen LogP contribution in [0.25, 0.3) is 0 Å². The van der Waals surface area contributed by atoms with Gasteiger partial charge in [-0.25, -0.2) is 14.6 Å². The topological polar surface area (TPSA) is 104 Å². The van der Waals surface area contributed by atoms with Crippen LogP contribution in [-0.4, -0.2) is 27.1 Å². The zero-order valence-corrected chi connectivity index (χ0v) is 11.6. The molecule has 0 atom stereocenters. The van der Waals surface area contributed by atoms with Crippen molar-refractivity contribution in [2.45, 2.75) is 0 Å².